The predicted octanol–water partition coefficient (Wildman–Crippen LogP) is 3.95. The minimum atomic E-state index is -0.0244. The number of halogens is 2. The molecule has 2 unspecified atom stereocenters. The summed E-state index contributed by atoms with van der Waals surface area (Å²) in [5.74, 6) is -0.0244. The van der Waals surface area contributed by atoms with Crippen molar-refractivity contribution in [3.05, 3.63) is 20.3 Å². The largest absolute Gasteiger partial charge is 0.349 e. The highest BCUT2D eigenvalue weighted by molar-refractivity contribution is 9.11. The first-order chi connectivity index (χ1) is 7.40. The van der Waals surface area contributed by atoms with E-state index in [-0.39, 0.29) is 17.3 Å². The Morgan fingerprint density at radius 2 is 2.25 bits per heavy atom. The molecule has 5 heteroatoms. The average molecular weight is 325 g/mol. The summed E-state index contributed by atoms with van der Waals surface area (Å²) in [6.07, 6.45) is 0.777. The molecule has 1 N–H and O–H groups in total. The highest BCUT2D eigenvalue weighted by Crippen LogP contribution is 2.27. The van der Waals surface area contributed by atoms with Gasteiger partial charge in [-0.25, -0.2) is 0 Å². The van der Waals surface area contributed by atoms with Crippen molar-refractivity contribution < 1.29 is 4.79 Å². The van der Waals surface area contributed by atoms with Crippen LogP contribution in [0, 0.1) is 6.92 Å². The Morgan fingerprint density at radius 3 is 2.69 bits per heavy atom. The van der Waals surface area contributed by atoms with Crippen LogP contribution in [-0.2, 0) is 0 Å². The molecule has 16 heavy (non-hydrogen) atoms. The molecular weight excluding hydrogens is 310 g/mol. The Bertz CT molecular complexity index is 359. The standard InChI is InChI=1S/C11H15BrClNOS/c1-6-4-9(16-10(6)12)11(15)14-8(3)5-7(2)13/h4,7-8H,5H2,1-3H3,(H,14,15). The Kier molecular flexibility index (Phi) is 5.28. The molecule has 2 atom stereocenters. The Morgan fingerprint density at radius 1 is 1.62 bits per heavy atom. The van der Waals surface area contributed by atoms with E-state index in [1.807, 2.05) is 26.8 Å². The van der Waals surface area contributed by atoms with E-state index in [2.05, 4.69) is 21.2 Å². The third-order valence-corrected chi connectivity index (χ3v) is 4.45. The van der Waals surface area contributed by atoms with Crippen molar-refractivity contribution in [2.75, 3.05) is 0 Å². The molecular formula is C11H15BrClNOS. The van der Waals surface area contributed by atoms with Gasteiger partial charge in [0.25, 0.3) is 5.91 Å². The van der Waals surface area contributed by atoms with Gasteiger partial charge in [-0.2, -0.15) is 0 Å². The molecule has 1 heterocycles. The van der Waals surface area contributed by atoms with Crippen molar-refractivity contribution >= 4 is 44.8 Å². The highest BCUT2D eigenvalue weighted by Gasteiger charge is 2.14. The molecule has 0 saturated carbocycles. The van der Waals surface area contributed by atoms with E-state index in [4.69, 9.17) is 11.6 Å². The zero-order valence-electron chi connectivity index (χ0n) is 9.51. The summed E-state index contributed by atoms with van der Waals surface area (Å²) in [5.41, 5.74) is 1.09. The van der Waals surface area contributed by atoms with Crippen LogP contribution in [0.5, 0.6) is 0 Å². The number of hydrogen-bond donors (Lipinski definition) is 1. The van der Waals surface area contributed by atoms with Crippen molar-refractivity contribution in [2.45, 2.75) is 38.6 Å². The Labute approximate surface area is 114 Å². The third kappa shape index (κ3) is 4.07. The molecule has 1 rings (SSSR count). The number of aryl methyl sites for hydroxylation is 1. The second kappa shape index (κ2) is 6.03. The molecule has 1 aromatic rings. The van der Waals surface area contributed by atoms with E-state index in [9.17, 15) is 4.79 Å². The lowest BCUT2D eigenvalue weighted by atomic mass is 10.2. The lowest BCUT2D eigenvalue weighted by molar-refractivity contribution is 0.0942. The number of carbonyl (C=O) groups excluding carboxylic acids is 1. The molecule has 0 fully saturated rings. The maximum absolute atomic E-state index is 11.8. The predicted molar refractivity (Wildman–Crippen MR) is 73.6 cm³/mol. The first-order valence-electron chi connectivity index (χ1n) is 5.11. The summed E-state index contributed by atoms with van der Waals surface area (Å²) in [5, 5.41) is 3.01. The minimum Gasteiger partial charge on any atom is -0.349 e. The van der Waals surface area contributed by atoms with Crippen LogP contribution >= 0.6 is 38.9 Å². The molecule has 90 valence electrons. The van der Waals surface area contributed by atoms with Crippen LogP contribution in [-0.4, -0.2) is 17.3 Å². The number of nitrogens with one attached hydrogen (secondary N) is 1. The van der Waals surface area contributed by atoms with Crippen LogP contribution in [0.2, 0.25) is 0 Å². The highest BCUT2D eigenvalue weighted by atomic mass is 79.9. The van der Waals surface area contributed by atoms with Crippen LogP contribution in [0.4, 0.5) is 0 Å². The van der Waals surface area contributed by atoms with Gasteiger partial charge in [-0.05, 0) is 54.8 Å². The fourth-order valence-electron chi connectivity index (χ4n) is 1.41. The summed E-state index contributed by atoms with van der Waals surface area (Å²) in [7, 11) is 0. The van der Waals surface area contributed by atoms with Crippen molar-refractivity contribution in [3.8, 4) is 0 Å². The van der Waals surface area contributed by atoms with Crippen molar-refractivity contribution in [2.24, 2.45) is 0 Å². The van der Waals surface area contributed by atoms with Crippen molar-refractivity contribution in [1.29, 1.82) is 0 Å². The maximum Gasteiger partial charge on any atom is 0.261 e. The second-order valence-electron chi connectivity index (χ2n) is 3.96. The number of rotatable bonds is 4. The Hall–Kier alpha value is -0.0600. The van der Waals surface area contributed by atoms with Gasteiger partial charge in [-0.3, -0.25) is 4.79 Å². The van der Waals surface area contributed by atoms with Crippen LogP contribution in [0.1, 0.15) is 35.5 Å². The van der Waals surface area contributed by atoms with Gasteiger partial charge in [-0.15, -0.1) is 22.9 Å². The SMILES string of the molecule is Cc1cc(C(=O)NC(C)CC(C)Cl)sc1Br. The summed E-state index contributed by atoms with van der Waals surface area (Å²) in [4.78, 5) is 12.6. The number of hydrogen-bond acceptors (Lipinski definition) is 2. The van der Waals surface area contributed by atoms with Crippen LogP contribution in [0.15, 0.2) is 9.85 Å². The van der Waals surface area contributed by atoms with Gasteiger partial charge in [0.1, 0.15) is 0 Å². The van der Waals surface area contributed by atoms with Crippen molar-refractivity contribution in [3.63, 3.8) is 0 Å². The third-order valence-electron chi connectivity index (χ3n) is 2.14. The van der Waals surface area contributed by atoms with E-state index in [0.717, 1.165) is 20.6 Å². The van der Waals surface area contributed by atoms with Crippen molar-refractivity contribution in [1.82, 2.24) is 5.32 Å². The topological polar surface area (TPSA) is 29.1 Å². The van der Waals surface area contributed by atoms with Gasteiger partial charge in [-0.1, -0.05) is 0 Å². The molecule has 2 nitrogen and oxygen atoms in total. The van der Waals surface area contributed by atoms with Gasteiger partial charge in [0, 0.05) is 11.4 Å². The quantitative estimate of drug-likeness (QED) is 0.835. The van der Waals surface area contributed by atoms with E-state index < -0.39 is 0 Å². The van der Waals surface area contributed by atoms with Gasteiger partial charge < -0.3 is 5.32 Å². The van der Waals surface area contributed by atoms with E-state index in [0.29, 0.717) is 0 Å². The maximum atomic E-state index is 11.8. The average Bonchev–Trinajstić information content (AvgIpc) is 2.45. The molecule has 0 aliphatic heterocycles. The first-order valence-corrected chi connectivity index (χ1v) is 7.15. The molecule has 0 aliphatic carbocycles. The van der Waals surface area contributed by atoms with Gasteiger partial charge >= 0.3 is 0 Å². The molecule has 0 aromatic carbocycles. The lowest BCUT2D eigenvalue weighted by Crippen LogP contribution is -2.33. The van der Waals surface area contributed by atoms with E-state index in [1.165, 1.54) is 11.3 Å². The number of thiophene rings is 1. The summed E-state index contributed by atoms with van der Waals surface area (Å²) in [6, 6.07) is 1.99. The molecule has 0 radical (unpaired) electrons. The lowest BCUT2D eigenvalue weighted by Gasteiger charge is -2.14. The fraction of sp³-hybridized carbons (Fsp3) is 0.545. The Balaban J connectivity index is 2.58. The smallest absolute Gasteiger partial charge is 0.261 e. The van der Waals surface area contributed by atoms with E-state index in [1.54, 1.807) is 0 Å². The summed E-state index contributed by atoms with van der Waals surface area (Å²) in [6.45, 7) is 5.87. The zero-order valence-corrected chi connectivity index (χ0v) is 12.7. The molecule has 0 bridgehead atoms. The number of alkyl halides is 1. The number of carbonyl (C=O) groups is 1. The first kappa shape index (κ1) is 14.0. The summed E-state index contributed by atoms with van der Waals surface area (Å²) >= 11 is 10.7. The molecule has 0 aliphatic rings. The van der Waals surface area contributed by atoms with Gasteiger partial charge in [0.15, 0.2) is 0 Å². The molecule has 1 amide bonds. The number of amides is 1. The molecule has 0 saturated heterocycles. The molecule has 0 spiro atoms. The minimum absolute atomic E-state index is 0.0244. The fourth-order valence-corrected chi connectivity index (χ4v) is 3.12. The van der Waals surface area contributed by atoms with Gasteiger partial charge in [0.2, 0.25) is 0 Å². The summed E-state index contributed by atoms with van der Waals surface area (Å²) < 4.78 is 1.01. The zero-order chi connectivity index (χ0) is 12.3. The monoisotopic (exact) mass is 323 g/mol. The van der Waals surface area contributed by atoms with Gasteiger partial charge in [0.05, 0.1) is 8.66 Å². The van der Waals surface area contributed by atoms with Crippen LogP contribution in [0.3, 0.4) is 0 Å². The normalized spacial score (nSPS) is 14.6. The van der Waals surface area contributed by atoms with E-state index >= 15 is 0 Å². The second-order valence-corrected chi connectivity index (χ2v) is 7.07. The van der Waals surface area contributed by atoms with Crippen LogP contribution < -0.4 is 5.32 Å². The molecule has 1 aromatic heterocycles. The van der Waals surface area contributed by atoms with Crippen LogP contribution in [0.25, 0.3) is 0 Å².